The molecule has 1 saturated heterocycles. The first kappa shape index (κ1) is 23.5. The summed E-state index contributed by atoms with van der Waals surface area (Å²) in [6, 6.07) is 18.4. The summed E-state index contributed by atoms with van der Waals surface area (Å²) in [4.78, 5) is 15.3. The fraction of sp³-hybridized carbons (Fsp3) is 0.423. The average Bonchev–Trinajstić information content (AvgIpc) is 3.21. The highest BCUT2D eigenvalue weighted by Gasteiger charge is 2.22. The fourth-order valence-electron chi connectivity index (χ4n) is 4.04. The van der Waals surface area contributed by atoms with E-state index in [9.17, 15) is 4.79 Å². The lowest BCUT2D eigenvalue weighted by atomic mass is 10.1. The third-order valence-electron chi connectivity index (χ3n) is 6.07. The van der Waals surface area contributed by atoms with Crippen LogP contribution in [0.4, 0.5) is 5.69 Å². The maximum absolute atomic E-state index is 12.9. The molecule has 7 heteroatoms. The van der Waals surface area contributed by atoms with Crippen LogP contribution in [0.25, 0.3) is 0 Å². The predicted octanol–water partition coefficient (Wildman–Crippen LogP) is 4.99. The summed E-state index contributed by atoms with van der Waals surface area (Å²) in [5, 5.41) is 12.6. The predicted molar refractivity (Wildman–Crippen MR) is 134 cm³/mol. The van der Waals surface area contributed by atoms with E-state index >= 15 is 0 Å². The fourth-order valence-corrected chi connectivity index (χ4v) is 4.91. The minimum Gasteiger partial charge on any atom is -0.325 e. The van der Waals surface area contributed by atoms with Crippen LogP contribution >= 0.6 is 11.8 Å². The normalized spacial score (nSPS) is 15.3. The molecule has 0 bridgehead atoms. The second kappa shape index (κ2) is 11.5. The van der Waals surface area contributed by atoms with Gasteiger partial charge in [0.05, 0.1) is 18.3 Å². The summed E-state index contributed by atoms with van der Waals surface area (Å²) in [7, 11) is 0. The Hall–Kier alpha value is -2.64. The second-order valence-corrected chi connectivity index (χ2v) is 9.92. The van der Waals surface area contributed by atoms with Gasteiger partial charge in [-0.3, -0.25) is 9.69 Å². The molecule has 1 fully saturated rings. The third kappa shape index (κ3) is 6.45. The van der Waals surface area contributed by atoms with Crippen LogP contribution in [0.3, 0.4) is 0 Å². The van der Waals surface area contributed by atoms with E-state index in [1.807, 2.05) is 25.1 Å². The van der Waals surface area contributed by atoms with E-state index in [2.05, 4.69) is 68.3 Å². The Kier molecular flexibility index (Phi) is 8.18. The van der Waals surface area contributed by atoms with Crippen LogP contribution in [0.2, 0.25) is 0 Å². The summed E-state index contributed by atoms with van der Waals surface area (Å²) in [5.74, 6) is 0.933. The van der Waals surface area contributed by atoms with E-state index in [1.54, 1.807) is 0 Å². The van der Waals surface area contributed by atoms with Gasteiger partial charge in [0.25, 0.3) is 0 Å². The molecule has 33 heavy (non-hydrogen) atoms. The van der Waals surface area contributed by atoms with E-state index in [-0.39, 0.29) is 11.2 Å². The van der Waals surface area contributed by atoms with Gasteiger partial charge in [-0.25, -0.2) is 0 Å². The Morgan fingerprint density at radius 2 is 1.70 bits per heavy atom. The Balaban J connectivity index is 1.48. The van der Waals surface area contributed by atoms with Gasteiger partial charge in [0, 0.05) is 5.69 Å². The number of carbonyl (C=O) groups excluding carboxylic acids is 1. The average molecular weight is 464 g/mol. The number of likely N-dealkylation sites (tertiary alicyclic amines) is 1. The number of hydrogen-bond donors (Lipinski definition) is 1. The lowest BCUT2D eigenvalue weighted by molar-refractivity contribution is -0.115. The molecule has 2 heterocycles. The van der Waals surface area contributed by atoms with E-state index in [0.29, 0.717) is 6.54 Å². The van der Waals surface area contributed by atoms with Gasteiger partial charge in [-0.2, -0.15) is 0 Å². The van der Waals surface area contributed by atoms with E-state index in [4.69, 9.17) is 0 Å². The maximum atomic E-state index is 12.9. The number of carbonyl (C=O) groups is 1. The largest absolute Gasteiger partial charge is 0.325 e. The number of anilines is 1. The number of nitrogens with one attached hydrogen (secondary N) is 1. The lowest BCUT2D eigenvalue weighted by Crippen LogP contribution is -2.30. The number of piperidine rings is 1. The number of aryl methyl sites for hydroxylation is 1. The third-order valence-corrected chi connectivity index (χ3v) is 7.15. The number of hydrogen-bond acceptors (Lipinski definition) is 5. The molecule has 1 N–H and O–H groups in total. The quantitative estimate of drug-likeness (QED) is 0.453. The zero-order chi connectivity index (χ0) is 23.0. The van der Waals surface area contributed by atoms with Gasteiger partial charge in [-0.05, 0) is 62.5 Å². The Labute approximate surface area is 200 Å². The standard InChI is InChI=1S/C26H33N5OS/c1-3-21-12-14-23(15-13-21)27-25(32)20(2)33-26-29-28-24(19-30-16-8-5-9-17-30)31(26)18-22-10-6-4-7-11-22/h4,6-7,10-15,20H,3,5,8-9,16-19H2,1-2H3,(H,27,32)/t20-/m0/s1. The number of benzene rings is 2. The maximum Gasteiger partial charge on any atom is 0.237 e. The number of rotatable bonds is 9. The highest BCUT2D eigenvalue weighted by molar-refractivity contribution is 8.00. The van der Waals surface area contributed by atoms with Gasteiger partial charge >= 0.3 is 0 Å². The molecule has 1 aliphatic heterocycles. The first-order chi connectivity index (χ1) is 16.1. The van der Waals surface area contributed by atoms with Crippen LogP contribution in [0.5, 0.6) is 0 Å². The van der Waals surface area contributed by atoms with Gasteiger partial charge in [0.1, 0.15) is 5.82 Å². The smallest absolute Gasteiger partial charge is 0.237 e. The van der Waals surface area contributed by atoms with Crippen molar-refractivity contribution in [1.29, 1.82) is 0 Å². The van der Waals surface area contributed by atoms with Crippen LogP contribution in [0.15, 0.2) is 59.8 Å². The topological polar surface area (TPSA) is 63.1 Å². The molecule has 6 nitrogen and oxygen atoms in total. The van der Waals surface area contributed by atoms with Gasteiger partial charge in [0.2, 0.25) is 5.91 Å². The molecule has 0 saturated carbocycles. The minimum atomic E-state index is -0.294. The first-order valence-electron chi connectivity index (χ1n) is 11.9. The van der Waals surface area contributed by atoms with Crippen molar-refractivity contribution in [1.82, 2.24) is 19.7 Å². The molecule has 1 aromatic heterocycles. The van der Waals surface area contributed by atoms with Crippen LogP contribution in [0, 0.1) is 0 Å². The Morgan fingerprint density at radius 3 is 2.39 bits per heavy atom. The zero-order valence-electron chi connectivity index (χ0n) is 19.5. The molecule has 1 aliphatic rings. The van der Waals surface area contributed by atoms with Crippen molar-refractivity contribution in [2.75, 3.05) is 18.4 Å². The molecule has 1 amide bonds. The van der Waals surface area contributed by atoms with Gasteiger partial charge in [0.15, 0.2) is 5.16 Å². The number of aromatic nitrogens is 3. The Bertz CT molecular complexity index is 1030. The number of thioether (sulfide) groups is 1. The lowest BCUT2D eigenvalue weighted by Gasteiger charge is -2.26. The highest BCUT2D eigenvalue weighted by Crippen LogP contribution is 2.25. The molecule has 0 spiro atoms. The summed E-state index contributed by atoms with van der Waals surface area (Å²) >= 11 is 1.47. The van der Waals surface area contributed by atoms with Crippen molar-refractivity contribution < 1.29 is 4.79 Å². The van der Waals surface area contributed by atoms with E-state index < -0.39 is 0 Å². The molecule has 1 atom stereocenters. The Morgan fingerprint density at radius 1 is 0.970 bits per heavy atom. The summed E-state index contributed by atoms with van der Waals surface area (Å²) in [6.45, 7) is 7.76. The molecule has 0 aliphatic carbocycles. The highest BCUT2D eigenvalue weighted by atomic mass is 32.2. The summed E-state index contributed by atoms with van der Waals surface area (Å²) in [6.07, 6.45) is 4.77. The molecule has 3 aromatic rings. The van der Waals surface area contributed by atoms with Crippen molar-refractivity contribution in [2.45, 2.75) is 63.0 Å². The molecule has 174 valence electrons. The minimum absolute atomic E-state index is 0.0314. The van der Waals surface area contributed by atoms with Gasteiger partial charge < -0.3 is 9.88 Å². The van der Waals surface area contributed by atoms with Crippen LogP contribution in [-0.2, 0) is 24.3 Å². The molecule has 4 rings (SSSR count). The second-order valence-electron chi connectivity index (χ2n) is 8.61. The van der Waals surface area contributed by atoms with Crippen molar-refractivity contribution >= 4 is 23.4 Å². The molecular formula is C26H33N5OS. The van der Waals surface area contributed by atoms with Crippen molar-refractivity contribution in [3.05, 3.63) is 71.5 Å². The molecule has 0 radical (unpaired) electrons. The van der Waals surface area contributed by atoms with Crippen LogP contribution < -0.4 is 5.32 Å². The van der Waals surface area contributed by atoms with Crippen molar-refractivity contribution in [3.8, 4) is 0 Å². The van der Waals surface area contributed by atoms with Gasteiger partial charge in [-0.1, -0.05) is 67.6 Å². The molecule has 2 aromatic carbocycles. The summed E-state index contributed by atoms with van der Waals surface area (Å²) in [5.41, 5.74) is 3.28. The van der Waals surface area contributed by atoms with Crippen LogP contribution in [-0.4, -0.2) is 43.9 Å². The van der Waals surface area contributed by atoms with Crippen molar-refractivity contribution in [3.63, 3.8) is 0 Å². The van der Waals surface area contributed by atoms with Crippen LogP contribution in [0.1, 0.15) is 50.1 Å². The SMILES string of the molecule is CCc1ccc(NC(=O)[C@H](C)Sc2nnc(CN3CCCCC3)n2Cc2ccccc2)cc1. The first-order valence-corrected chi connectivity index (χ1v) is 12.7. The molecular weight excluding hydrogens is 430 g/mol. The summed E-state index contributed by atoms with van der Waals surface area (Å²) < 4.78 is 2.18. The monoisotopic (exact) mass is 463 g/mol. The number of nitrogens with zero attached hydrogens (tertiary/aromatic N) is 4. The zero-order valence-corrected chi connectivity index (χ0v) is 20.4. The molecule has 0 unspecified atom stereocenters. The van der Waals surface area contributed by atoms with Crippen molar-refractivity contribution in [2.24, 2.45) is 0 Å². The van der Waals surface area contributed by atoms with E-state index in [1.165, 1.54) is 42.2 Å². The number of amides is 1. The van der Waals surface area contributed by atoms with E-state index in [0.717, 1.165) is 42.7 Å². The van der Waals surface area contributed by atoms with Gasteiger partial charge in [-0.15, -0.1) is 10.2 Å².